The Hall–Kier alpha value is -2.16. The van der Waals surface area contributed by atoms with Gasteiger partial charge in [0.1, 0.15) is 17.7 Å². The van der Waals surface area contributed by atoms with E-state index in [1.165, 1.54) is 7.11 Å². The number of carbonyl (C=O) groups excluding carboxylic acids is 1. The molecule has 1 aromatic rings. The summed E-state index contributed by atoms with van der Waals surface area (Å²) in [5, 5.41) is 20.7. The van der Waals surface area contributed by atoms with Crippen molar-refractivity contribution in [2.24, 2.45) is 5.92 Å². The normalized spacial score (nSPS) is 11.9. The summed E-state index contributed by atoms with van der Waals surface area (Å²) in [6.45, 7) is 7.74. The van der Waals surface area contributed by atoms with E-state index in [4.69, 9.17) is 4.74 Å². The van der Waals surface area contributed by atoms with Crippen LogP contribution < -0.4 is 5.32 Å². The van der Waals surface area contributed by atoms with Crippen molar-refractivity contribution in [1.29, 1.82) is 5.26 Å². The Balaban J connectivity index is 3.25. The molecule has 1 N–H and O–H groups in total. The highest BCUT2D eigenvalue weighted by Crippen LogP contribution is 2.22. The molecule has 21 heavy (non-hydrogen) atoms. The number of hydrogen-bond acceptors (Lipinski definition) is 6. The second-order valence-electron chi connectivity index (χ2n) is 5.06. The Labute approximate surface area is 125 Å². The summed E-state index contributed by atoms with van der Waals surface area (Å²) in [7, 11) is 1.34. The molecule has 6 heteroatoms. The third-order valence-corrected chi connectivity index (χ3v) is 3.37. The number of ether oxygens (including phenoxy) is 1. The summed E-state index contributed by atoms with van der Waals surface area (Å²) in [4.78, 5) is 11.8. The fourth-order valence-electron chi connectivity index (χ4n) is 2.17. The van der Waals surface area contributed by atoms with Gasteiger partial charge in [-0.25, -0.2) is 4.79 Å². The lowest BCUT2D eigenvalue weighted by Gasteiger charge is -2.21. The highest BCUT2D eigenvalue weighted by atomic mass is 16.5. The maximum atomic E-state index is 11.8. The topological polar surface area (TPSA) is 87.9 Å². The summed E-state index contributed by atoms with van der Waals surface area (Å²) in [5.74, 6) is -0.0364. The summed E-state index contributed by atoms with van der Waals surface area (Å²) < 4.78 is 4.79. The van der Waals surface area contributed by atoms with E-state index in [9.17, 15) is 10.1 Å². The lowest BCUT2D eigenvalue weighted by molar-refractivity contribution is -0.142. The summed E-state index contributed by atoms with van der Waals surface area (Å²) in [6.07, 6.45) is 1.41. The standard InChI is InChI=1S/C15H22N4O2/c1-6-10-11(8-16)14(19-18-12(10)7-2)17-13(9(3)4)15(20)21-5/h9,13H,6-7H2,1-5H3,(H,17,19). The smallest absolute Gasteiger partial charge is 0.328 e. The third kappa shape index (κ3) is 3.69. The van der Waals surface area contributed by atoms with Crippen LogP contribution in [-0.2, 0) is 22.4 Å². The number of rotatable bonds is 6. The fraction of sp³-hybridized carbons (Fsp3) is 0.600. The molecule has 0 aliphatic heterocycles. The molecule has 1 heterocycles. The highest BCUT2D eigenvalue weighted by Gasteiger charge is 2.25. The summed E-state index contributed by atoms with van der Waals surface area (Å²) in [6, 6.07) is 1.61. The van der Waals surface area contributed by atoms with E-state index in [0.717, 1.165) is 17.7 Å². The lowest BCUT2D eigenvalue weighted by Crippen LogP contribution is -2.36. The molecule has 0 radical (unpaired) electrons. The van der Waals surface area contributed by atoms with Gasteiger partial charge in [-0.15, -0.1) is 5.10 Å². The molecule has 0 aliphatic carbocycles. The Kier molecular flexibility index (Phi) is 6.10. The minimum absolute atomic E-state index is 0.00159. The molecule has 1 rings (SSSR count). The Morgan fingerprint density at radius 1 is 1.33 bits per heavy atom. The summed E-state index contributed by atoms with van der Waals surface area (Å²) >= 11 is 0. The van der Waals surface area contributed by atoms with Crippen LogP contribution in [0.25, 0.3) is 0 Å². The van der Waals surface area contributed by atoms with E-state index in [0.29, 0.717) is 17.8 Å². The van der Waals surface area contributed by atoms with Crippen LogP contribution in [0.5, 0.6) is 0 Å². The molecule has 0 fully saturated rings. The first-order valence-corrected chi connectivity index (χ1v) is 7.12. The van der Waals surface area contributed by atoms with Gasteiger partial charge in [-0.3, -0.25) is 0 Å². The molecule has 0 saturated heterocycles. The average Bonchev–Trinajstić information content (AvgIpc) is 2.50. The van der Waals surface area contributed by atoms with Crippen LogP contribution in [0, 0.1) is 17.2 Å². The van der Waals surface area contributed by atoms with Crippen molar-refractivity contribution in [3.05, 3.63) is 16.8 Å². The molecule has 1 atom stereocenters. The van der Waals surface area contributed by atoms with E-state index in [1.54, 1.807) is 0 Å². The number of carbonyl (C=O) groups is 1. The largest absolute Gasteiger partial charge is 0.467 e. The van der Waals surface area contributed by atoms with E-state index in [-0.39, 0.29) is 11.9 Å². The zero-order valence-electron chi connectivity index (χ0n) is 13.2. The van der Waals surface area contributed by atoms with Crippen molar-refractivity contribution < 1.29 is 9.53 Å². The summed E-state index contributed by atoms with van der Waals surface area (Å²) in [5.41, 5.74) is 2.16. The Bertz CT molecular complexity index is 549. The molecule has 114 valence electrons. The minimum Gasteiger partial charge on any atom is -0.467 e. The van der Waals surface area contributed by atoms with E-state index in [1.807, 2.05) is 27.7 Å². The van der Waals surface area contributed by atoms with Crippen LogP contribution in [0.1, 0.15) is 44.5 Å². The highest BCUT2D eigenvalue weighted by molar-refractivity contribution is 5.79. The van der Waals surface area contributed by atoms with Gasteiger partial charge in [0, 0.05) is 0 Å². The predicted molar refractivity (Wildman–Crippen MR) is 79.8 cm³/mol. The van der Waals surface area contributed by atoms with E-state index < -0.39 is 6.04 Å². The predicted octanol–water partition coefficient (Wildman–Crippen LogP) is 2.08. The minimum atomic E-state index is -0.561. The van der Waals surface area contributed by atoms with Crippen LogP contribution in [-0.4, -0.2) is 29.3 Å². The van der Waals surface area contributed by atoms with Crippen LogP contribution >= 0.6 is 0 Å². The first-order valence-electron chi connectivity index (χ1n) is 7.12. The number of nitriles is 1. The van der Waals surface area contributed by atoms with Gasteiger partial charge in [0.15, 0.2) is 5.82 Å². The number of anilines is 1. The SMILES string of the molecule is CCc1nnc(NC(C(=O)OC)C(C)C)c(C#N)c1CC. The molecule has 1 unspecified atom stereocenters. The molecule has 0 spiro atoms. The zero-order valence-corrected chi connectivity index (χ0v) is 13.2. The molecule has 0 aliphatic rings. The van der Waals surface area contributed by atoms with Gasteiger partial charge in [0.05, 0.1) is 12.8 Å². The van der Waals surface area contributed by atoms with Crippen LogP contribution in [0.3, 0.4) is 0 Å². The molecule has 0 saturated carbocycles. The maximum absolute atomic E-state index is 11.8. The first-order chi connectivity index (χ1) is 9.99. The first kappa shape index (κ1) is 16.9. The van der Waals surface area contributed by atoms with Gasteiger partial charge in [-0.05, 0) is 24.3 Å². The third-order valence-electron chi connectivity index (χ3n) is 3.37. The van der Waals surface area contributed by atoms with Crippen molar-refractivity contribution in [3.8, 4) is 6.07 Å². The second kappa shape index (κ2) is 7.58. The van der Waals surface area contributed by atoms with Crippen molar-refractivity contribution in [3.63, 3.8) is 0 Å². The van der Waals surface area contributed by atoms with Gasteiger partial charge in [-0.1, -0.05) is 27.7 Å². The van der Waals surface area contributed by atoms with Gasteiger partial charge >= 0.3 is 5.97 Å². The van der Waals surface area contributed by atoms with E-state index in [2.05, 4.69) is 21.6 Å². The molecule has 1 aromatic heterocycles. The Morgan fingerprint density at radius 2 is 2.00 bits per heavy atom. The zero-order chi connectivity index (χ0) is 16.0. The van der Waals surface area contributed by atoms with Crippen molar-refractivity contribution in [2.45, 2.75) is 46.6 Å². The molecule has 0 aromatic carbocycles. The molecular weight excluding hydrogens is 268 g/mol. The average molecular weight is 290 g/mol. The van der Waals surface area contributed by atoms with Gasteiger partial charge in [0.2, 0.25) is 0 Å². The number of aromatic nitrogens is 2. The number of hydrogen-bond donors (Lipinski definition) is 1. The molecule has 6 nitrogen and oxygen atoms in total. The quantitative estimate of drug-likeness (QED) is 0.807. The fourth-order valence-corrected chi connectivity index (χ4v) is 2.17. The number of aryl methyl sites for hydroxylation is 1. The second-order valence-corrected chi connectivity index (χ2v) is 5.06. The van der Waals surface area contributed by atoms with Crippen molar-refractivity contribution in [1.82, 2.24) is 10.2 Å². The van der Waals surface area contributed by atoms with Crippen molar-refractivity contribution in [2.75, 3.05) is 12.4 Å². The monoisotopic (exact) mass is 290 g/mol. The number of esters is 1. The maximum Gasteiger partial charge on any atom is 0.328 e. The van der Waals surface area contributed by atoms with Gasteiger partial charge < -0.3 is 10.1 Å². The molecule has 0 amide bonds. The van der Waals surface area contributed by atoms with Gasteiger partial charge in [0.25, 0.3) is 0 Å². The van der Waals surface area contributed by atoms with E-state index >= 15 is 0 Å². The Morgan fingerprint density at radius 3 is 2.43 bits per heavy atom. The van der Waals surface area contributed by atoms with Crippen LogP contribution in [0.2, 0.25) is 0 Å². The molecular formula is C15H22N4O2. The van der Waals surface area contributed by atoms with Crippen molar-refractivity contribution >= 4 is 11.8 Å². The lowest BCUT2D eigenvalue weighted by atomic mass is 10.0. The van der Waals surface area contributed by atoms with Crippen LogP contribution in [0.15, 0.2) is 0 Å². The van der Waals surface area contributed by atoms with Gasteiger partial charge in [-0.2, -0.15) is 10.4 Å². The van der Waals surface area contributed by atoms with Crippen LogP contribution in [0.4, 0.5) is 5.82 Å². The number of methoxy groups -OCH3 is 1. The number of nitrogens with zero attached hydrogens (tertiary/aromatic N) is 3. The molecule has 0 bridgehead atoms. The number of nitrogens with one attached hydrogen (secondary N) is 1.